The molecule has 0 atom stereocenters. The largest absolute Gasteiger partial charge is 0.493 e. The Bertz CT molecular complexity index is 1100. The SMILES string of the molecule is COc1ccc(CN2CCc3c(C)nc(Nc4c(C)cc(C)cc4C)nc32)cc1OC. The minimum atomic E-state index is 0.644. The van der Waals surface area contributed by atoms with Crippen LogP contribution in [0.2, 0.25) is 0 Å². The van der Waals surface area contributed by atoms with Crippen LogP contribution in [-0.2, 0) is 13.0 Å². The Morgan fingerprint density at radius 3 is 2.32 bits per heavy atom. The molecule has 0 radical (unpaired) electrons. The van der Waals surface area contributed by atoms with Crippen molar-refractivity contribution in [2.45, 2.75) is 40.7 Å². The summed E-state index contributed by atoms with van der Waals surface area (Å²) in [5.41, 5.74) is 8.14. The second-order valence-corrected chi connectivity index (χ2v) is 8.19. The Labute approximate surface area is 184 Å². The lowest BCUT2D eigenvalue weighted by Crippen LogP contribution is -2.21. The maximum Gasteiger partial charge on any atom is 0.229 e. The van der Waals surface area contributed by atoms with Gasteiger partial charge in [-0.15, -0.1) is 0 Å². The van der Waals surface area contributed by atoms with E-state index in [1.54, 1.807) is 14.2 Å². The summed E-state index contributed by atoms with van der Waals surface area (Å²) in [4.78, 5) is 12.0. The number of hydrogen-bond donors (Lipinski definition) is 1. The number of aryl methyl sites for hydroxylation is 4. The zero-order valence-corrected chi connectivity index (χ0v) is 19.2. The standard InChI is InChI=1S/C25H30N4O2/c1-15-11-16(2)23(17(3)12-15)27-25-26-18(4)20-9-10-29(24(20)28-25)14-19-7-8-21(30-5)22(13-19)31-6/h7-8,11-13H,9-10,14H2,1-6H3,(H,26,27,28). The van der Waals surface area contributed by atoms with Crippen molar-refractivity contribution in [2.24, 2.45) is 0 Å². The number of benzene rings is 2. The normalized spacial score (nSPS) is 12.6. The molecule has 6 nitrogen and oxygen atoms in total. The number of anilines is 3. The molecule has 1 N–H and O–H groups in total. The van der Waals surface area contributed by atoms with Gasteiger partial charge in [-0.25, -0.2) is 4.98 Å². The van der Waals surface area contributed by atoms with E-state index < -0.39 is 0 Å². The minimum absolute atomic E-state index is 0.644. The second-order valence-electron chi connectivity index (χ2n) is 8.19. The van der Waals surface area contributed by atoms with Gasteiger partial charge in [0, 0.05) is 30.0 Å². The van der Waals surface area contributed by atoms with Crippen molar-refractivity contribution in [3.05, 3.63) is 63.8 Å². The lowest BCUT2D eigenvalue weighted by molar-refractivity contribution is 0.354. The van der Waals surface area contributed by atoms with Crippen molar-refractivity contribution in [1.29, 1.82) is 0 Å². The Hall–Kier alpha value is -3.28. The molecular weight excluding hydrogens is 388 g/mol. The molecule has 0 saturated heterocycles. The third kappa shape index (κ3) is 4.15. The summed E-state index contributed by atoms with van der Waals surface area (Å²) in [5.74, 6) is 3.13. The molecule has 2 heterocycles. The van der Waals surface area contributed by atoms with Gasteiger partial charge in [0.1, 0.15) is 5.82 Å². The monoisotopic (exact) mass is 418 g/mol. The van der Waals surface area contributed by atoms with Crippen LogP contribution in [-0.4, -0.2) is 30.7 Å². The summed E-state index contributed by atoms with van der Waals surface area (Å²) in [6.45, 7) is 10.1. The number of rotatable bonds is 6. The molecule has 3 aromatic rings. The summed E-state index contributed by atoms with van der Waals surface area (Å²) < 4.78 is 10.8. The van der Waals surface area contributed by atoms with Gasteiger partial charge in [-0.05, 0) is 62.9 Å². The van der Waals surface area contributed by atoms with Crippen LogP contribution in [0.4, 0.5) is 17.5 Å². The molecule has 0 amide bonds. The Morgan fingerprint density at radius 1 is 0.935 bits per heavy atom. The van der Waals surface area contributed by atoms with Crippen molar-refractivity contribution >= 4 is 17.5 Å². The number of hydrogen-bond acceptors (Lipinski definition) is 6. The van der Waals surface area contributed by atoms with Crippen LogP contribution in [0.15, 0.2) is 30.3 Å². The summed E-state index contributed by atoms with van der Waals surface area (Å²) >= 11 is 0. The van der Waals surface area contributed by atoms with Gasteiger partial charge in [-0.3, -0.25) is 0 Å². The molecule has 1 aliphatic heterocycles. The fourth-order valence-corrected chi connectivity index (χ4v) is 4.39. The number of nitrogens with zero attached hydrogens (tertiary/aromatic N) is 3. The van der Waals surface area contributed by atoms with E-state index in [0.29, 0.717) is 5.95 Å². The van der Waals surface area contributed by atoms with Gasteiger partial charge in [0.25, 0.3) is 0 Å². The van der Waals surface area contributed by atoms with Crippen LogP contribution >= 0.6 is 0 Å². The van der Waals surface area contributed by atoms with Gasteiger partial charge in [-0.2, -0.15) is 4.98 Å². The van der Waals surface area contributed by atoms with E-state index in [4.69, 9.17) is 19.4 Å². The van der Waals surface area contributed by atoms with Crippen LogP contribution < -0.4 is 19.7 Å². The molecule has 0 unspecified atom stereocenters. The van der Waals surface area contributed by atoms with Gasteiger partial charge in [0.2, 0.25) is 5.95 Å². The predicted molar refractivity (Wildman–Crippen MR) is 125 cm³/mol. The van der Waals surface area contributed by atoms with Gasteiger partial charge < -0.3 is 19.7 Å². The summed E-state index contributed by atoms with van der Waals surface area (Å²) in [7, 11) is 3.32. The molecule has 162 valence electrons. The fourth-order valence-electron chi connectivity index (χ4n) is 4.39. The quantitative estimate of drug-likeness (QED) is 0.606. The molecule has 1 aromatic heterocycles. The zero-order chi connectivity index (χ0) is 22.1. The number of fused-ring (bicyclic) bond motifs is 1. The predicted octanol–water partition coefficient (Wildman–Crippen LogP) is 5.03. The highest BCUT2D eigenvalue weighted by Crippen LogP contribution is 2.34. The van der Waals surface area contributed by atoms with Crippen molar-refractivity contribution in [2.75, 3.05) is 31.0 Å². The van der Waals surface area contributed by atoms with Crippen molar-refractivity contribution < 1.29 is 9.47 Å². The number of ether oxygens (including phenoxy) is 2. The van der Waals surface area contributed by atoms with E-state index in [1.807, 2.05) is 12.1 Å². The average molecular weight is 419 g/mol. The molecule has 0 spiro atoms. The minimum Gasteiger partial charge on any atom is -0.493 e. The van der Waals surface area contributed by atoms with Crippen LogP contribution in [0.3, 0.4) is 0 Å². The van der Waals surface area contributed by atoms with Crippen molar-refractivity contribution in [3.8, 4) is 11.5 Å². The van der Waals surface area contributed by atoms with Crippen LogP contribution in [0, 0.1) is 27.7 Å². The molecule has 0 bridgehead atoms. The fraction of sp³-hybridized carbons (Fsp3) is 0.360. The van der Waals surface area contributed by atoms with E-state index in [0.717, 1.165) is 53.8 Å². The number of methoxy groups -OCH3 is 2. The van der Waals surface area contributed by atoms with Gasteiger partial charge in [0.15, 0.2) is 11.5 Å². The molecule has 6 heteroatoms. The molecule has 0 fully saturated rings. The maximum atomic E-state index is 5.47. The highest BCUT2D eigenvalue weighted by atomic mass is 16.5. The van der Waals surface area contributed by atoms with Gasteiger partial charge >= 0.3 is 0 Å². The van der Waals surface area contributed by atoms with E-state index in [2.05, 4.69) is 56.1 Å². The average Bonchev–Trinajstić information content (AvgIpc) is 3.13. The third-order valence-corrected chi connectivity index (χ3v) is 5.86. The van der Waals surface area contributed by atoms with E-state index in [9.17, 15) is 0 Å². The molecule has 0 saturated carbocycles. The zero-order valence-electron chi connectivity index (χ0n) is 19.2. The van der Waals surface area contributed by atoms with Gasteiger partial charge in [0.05, 0.1) is 14.2 Å². The Morgan fingerprint density at radius 2 is 1.65 bits per heavy atom. The molecule has 4 rings (SSSR count). The topological polar surface area (TPSA) is 59.5 Å². The molecule has 2 aromatic carbocycles. The van der Waals surface area contributed by atoms with E-state index in [-0.39, 0.29) is 0 Å². The van der Waals surface area contributed by atoms with Crippen LogP contribution in [0.1, 0.15) is 33.5 Å². The van der Waals surface area contributed by atoms with Crippen molar-refractivity contribution in [3.63, 3.8) is 0 Å². The molecule has 1 aliphatic rings. The summed E-state index contributed by atoms with van der Waals surface area (Å²) in [6.07, 6.45) is 0.956. The Kier molecular flexibility index (Phi) is 5.72. The summed E-state index contributed by atoms with van der Waals surface area (Å²) in [5, 5.41) is 3.47. The third-order valence-electron chi connectivity index (χ3n) is 5.86. The highest BCUT2D eigenvalue weighted by Gasteiger charge is 2.25. The smallest absolute Gasteiger partial charge is 0.229 e. The first-order valence-corrected chi connectivity index (χ1v) is 10.6. The van der Waals surface area contributed by atoms with Crippen LogP contribution in [0.25, 0.3) is 0 Å². The number of aromatic nitrogens is 2. The lowest BCUT2D eigenvalue weighted by atomic mass is 10.1. The molecular formula is C25H30N4O2. The summed E-state index contributed by atoms with van der Waals surface area (Å²) in [6, 6.07) is 10.4. The van der Waals surface area contributed by atoms with Gasteiger partial charge in [-0.1, -0.05) is 23.8 Å². The number of nitrogens with one attached hydrogen (secondary N) is 1. The first kappa shape index (κ1) is 21.0. The highest BCUT2D eigenvalue weighted by molar-refractivity contribution is 5.66. The maximum absolute atomic E-state index is 5.47. The lowest BCUT2D eigenvalue weighted by Gasteiger charge is -2.20. The second kappa shape index (κ2) is 8.46. The van der Waals surface area contributed by atoms with E-state index >= 15 is 0 Å². The van der Waals surface area contributed by atoms with Crippen molar-refractivity contribution in [1.82, 2.24) is 9.97 Å². The Balaban J connectivity index is 1.63. The first-order valence-electron chi connectivity index (χ1n) is 10.6. The first-order chi connectivity index (χ1) is 14.9. The van der Waals surface area contributed by atoms with E-state index in [1.165, 1.54) is 22.3 Å². The molecule has 31 heavy (non-hydrogen) atoms. The molecule has 0 aliphatic carbocycles. The van der Waals surface area contributed by atoms with Crippen LogP contribution in [0.5, 0.6) is 11.5 Å².